The fourth-order valence-electron chi connectivity index (χ4n) is 6.12. The van der Waals surface area contributed by atoms with Gasteiger partial charge in [-0.05, 0) is 59.4 Å². The summed E-state index contributed by atoms with van der Waals surface area (Å²) < 4.78 is 5.25. The van der Waals surface area contributed by atoms with E-state index in [1.165, 1.54) is 7.11 Å². The number of hydrogen-bond donors (Lipinski definition) is 1. The van der Waals surface area contributed by atoms with Crippen LogP contribution in [0.5, 0.6) is 0 Å². The first kappa shape index (κ1) is 24.1. The molecule has 0 amide bonds. The summed E-state index contributed by atoms with van der Waals surface area (Å²) in [6.45, 7) is 10.1. The highest BCUT2D eigenvalue weighted by atomic mass is 16.5. The molecule has 0 aromatic heterocycles. The van der Waals surface area contributed by atoms with Gasteiger partial charge in [-0.3, -0.25) is 9.59 Å². The van der Waals surface area contributed by atoms with E-state index >= 15 is 0 Å². The number of hydrogen-bond acceptors (Lipinski definition) is 5. The second-order valence-corrected chi connectivity index (χ2v) is 10.4. The second kappa shape index (κ2) is 9.12. The summed E-state index contributed by atoms with van der Waals surface area (Å²) in [5.41, 5.74) is 5.04. The highest BCUT2D eigenvalue weighted by Gasteiger charge is 2.50. The van der Waals surface area contributed by atoms with Gasteiger partial charge in [0.2, 0.25) is 0 Å². The fourth-order valence-corrected chi connectivity index (χ4v) is 6.12. The molecule has 2 atom stereocenters. The third kappa shape index (κ3) is 3.78. The molecule has 36 heavy (non-hydrogen) atoms. The average Bonchev–Trinajstić information content (AvgIpc) is 2.87. The number of nitrogens with one attached hydrogen (secondary N) is 1. The Balaban J connectivity index is 1.77. The van der Waals surface area contributed by atoms with Crippen molar-refractivity contribution in [3.8, 4) is 0 Å². The molecule has 1 aliphatic carbocycles. The minimum absolute atomic E-state index is 0.0825. The highest BCUT2D eigenvalue weighted by molar-refractivity contribution is 6.06. The van der Waals surface area contributed by atoms with Crippen molar-refractivity contribution in [1.29, 1.82) is 0 Å². The number of allylic oxidation sites excluding steroid dienone is 1. The van der Waals surface area contributed by atoms with Gasteiger partial charge >= 0.3 is 5.97 Å². The van der Waals surface area contributed by atoms with Crippen LogP contribution < -0.4 is 10.2 Å². The number of benzene rings is 3. The van der Waals surface area contributed by atoms with Crippen molar-refractivity contribution < 1.29 is 14.3 Å². The van der Waals surface area contributed by atoms with E-state index in [1.807, 2.05) is 26.0 Å². The van der Waals surface area contributed by atoms with Gasteiger partial charge in [-0.15, -0.1) is 0 Å². The smallest absolute Gasteiger partial charge is 0.315 e. The molecule has 0 fully saturated rings. The molecule has 0 radical (unpaired) electrons. The second-order valence-electron chi connectivity index (χ2n) is 10.4. The number of ketones is 1. The lowest BCUT2D eigenvalue weighted by Gasteiger charge is -2.44. The van der Waals surface area contributed by atoms with Crippen LogP contribution in [0, 0.1) is 11.3 Å². The number of carbonyl (C=O) groups is 2. The van der Waals surface area contributed by atoms with Crippen molar-refractivity contribution >= 4 is 33.9 Å². The SMILES string of the molecule is CCN(CC)c1ccc(C2C3=C(Nc4ccc5ccccc5c42)C(C(=O)OC)C(C)(C)CC3=O)cc1. The van der Waals surface area contributed by atoms with E-state index in [2.05, 4.69) is 72.6 Å². The van der Waals surface area contributed by atoms with E-state index in [9.17, 15) is 9.59 Å². The third-order valence-corrected chi connectivity index (χ3v) is 7.89. The predicted molar refractivity (Wildman–Crippen MR) is 145 cm³/mol. The van der Waals surface area contributed by atoms with Gasteiger partial charge in [-0.1, -0.05) is 56.3 Å². The maximum atomic E-state index is 13.8. The molecule has 5 rings (SSSR count). The first-order valence-electron chi connectivity index (χ1n) is 12.8. The maximum absolute atomic E-state index is 13.8. The van der Waals surface area contributed by atoms with Gasteiger partial charge in [0.1, 0.15) is 5.92 Å². The van der Waals surface area contributed by atoms with E-state index < -0.39 is 11.3 Å². The topological polar surface area (TPSA) is 58.6 Å². The number of rotatable bonds is 5. The largest absolute Gasteiger partial charge is 0.468 e. The number of methoxy groups -OCH3 is 1. The van der Waals surface area contributed by atoms with Gasteiger partial charge in [0, 0.05) is 48.1 Å². The van der Waals surface area contributed by atoms with Crippen molar-refractivity contribution in [2.45, 2.75) is 40.0 Å². The first-order chi connectivity index (χ1) is 17.3. The number of fused-ring (bicyclic) bond motifs is 3. The summed E-state index contributed by atoms with van der Waals surface area (Å²) in [6, 6.07) is 21.0. The van der Waals surface area contributed by atoms with Gasteiger partial charge in [-0.25, -0.2) is 0 Å². The van der Waals surface area contributed by atoms with Gasteiger partial charge in [0.15, 0.2) is 5.78 Å². The zero-order valence-corrected chi connectivity index (χ0v) is 21.7. The van der Waals surface area contributed by atoms with Crippen molar-refractivity contribution in [3.05, 3.63) is 83.1 Å². The standard InChI is InChI=1S/C31H34N2O3/c1-6-33(7-2)21-15-12-20(13-16-21)25-26-22-11-9-8-10-19(22)14-17-23(26)32-29-27(25)24(34)18-31(3,4)28(29)30(35)36-5/h8-17,25,28,32H,6-7,18H2,1-5H3. The van der Waals surface area contributed by atoms with E-state index in [4.69, 9.17) is 4.74 Å². The van der Waals surface area contributed by atoms with Crippen LogP contribution in [0.2, 0.25) is 0 Å². The molecule has 1 heterocycles. The maximum Gasteiger partial charge on any atom is 0.315 e. The normalized spacial score (nSPS) is 20.4. The van der Waals surface area contributed by atoms with E-state index in [0.717, 1.165) is 46.4 Å². The first-order valence-corrected chi connectivity index (χ1v) is 12.8. The fraction of sp³-hybridized carbons (Fsp3) is 0.355. The number of carbonyl (C=O) groups excluding carboxylic acids is 2. The number of ether oxygens (including phenoxy) is 1. The van der Waals surface area contributed by atoms with Gasteiger partial charge in [-0.2, -0.15) is 0 Å². The number of anilines is 2. The van der Waals surface area contributed by atoms with E-state index in [1.54, 1.807) is 0 Å². The van der Waals surface area contributed by atoms with Crippen LogP contribution in [0.1, 0.15) is 51.2 Å². The molecule has 2 aliphatic rings. The Morgan fingerprint density at radius 1 is 1.03 bits per heavy atom. The summed E-state index contributed by atoms with van der Waals surface area (Å²) in [4.78, 5) is 29.2. The van der Waals surface area contributed by atoms with Crippen molar-refractivity contribution in [2.24, 2.45) is 11.3 Å². The monoisotopic (exact) mass is 482 g/mol. The molecule has 186 valence electrons. The Labute approximate surface area is 213 Å². The molecule has 0 saturated carbocycles. The molecule has 1 aliphatic heterocycles. The molecule has 5 nitrogen and oxygen atoms in total. The Morgan fingerprint density at radius 3 is 2.39 bits per heavy atom. The summed E-state index contributed by atoms with van der Waals surface area (Å²) in [5.74, 6) is -1.05. The quantitative estimate of drug-likeness (QED) is 0.433. The minimum atomic E-state index is -0.554. The minimum Gasteiger partial charge on any atom is -0.468 e. The van der Waals surface area contributed by atoms with Crippen LogP contribution >= 0.6 is 0 Å². The van der Waals surface area contributed by atoms with Crippen LogP contribution in [0.4, 0.5) is 11.4 Å². The highest BCUT2D eigenvalue weighted by Crippen LogP contribution is 2.53. The lowest BCUT2D eigenvalue weighted by Crippen LogP contribution is -2.44. The van der Waals surface area contributed by atoms with Crippen molar-refractivity contribution in [2.75, 3.05) is 30.4 Å². The molecule has 2 unspecified atom stereocenters. The Morgan fingerprint density at radius 2 is 1.72 bits per heavy atom. The molecule has 3 aromatic carbocycles. The molecular weight excluding hydrogens is 448 g/mol. The summed E-state index contributed by atoms with van der Waals surface area (Å²) in [7, 11) is 1.42. The molecular formula is C31H34N2O3. The third-order valence-electron chi connectivity index (χ3n) is 7.89. The zero-order chi connectivity index (χ0) is 25.6. The molecule has 0 saturated heterocycles. The average molecular weight is 483 g/mol. The van der Waals surface area contributed by atoms with E-state index in [0.29, 0.717) is 17.7 Å². The molecule has 0 spiro atoms. The zero-order valence-electron chi connectivity index (χ0n) is 21.7. The summed E-state index contributed by atoms with van der Waals surface area (Å²) in [5, 5.41) is 5.78. The van der Waals surface area contributed by atoms with Crippen molar-refractivity contribution in [3.63, 3.8) is 0 Å². The van der Waals surface area contributed by atoms with Crippen LogP contribution in [0.15, 0.2) is 71.9 Å². The number of nitrogens with zero attached hydrogens (tertiary/aromatic N) is 1. The van der Waals surface area contributed by atoms with Crippen molar-refractivity contribution in [1.82, 2.24) is 0 Å². The van der Waals surface area contributed by atoms with Crippen LogP contribution in [-0.4, -0.2) is 32.0 Å². The van der Waals surface area contributed by atoms with Gasteiger partial charge in [0.05, 0.1) is 7.11 Å². The lowest BCUT2D eigenvalue weighted by atomic mass is 9.63. The molecule has 5 heteroatoms. The molecule has 1 N–H and O–H groups in total. The predicted octanol–water partition coefficient (Wildman–Crippen LogP) is 6.29. The van der Waals surface area contributed by atoms with E-state index in [-0.39, 0.29) is 17.7 Å². The summed E-state index contributed by atoms with van der Waals surface area (Å²) in [6.07, 6.45) is 0.293. The van der Waals surface area contributed by atoms with Crippen LogP contribution in [0.3, 0.4) is 0 Å². The molecule has 0 bridgehead atoms. The molecule has 3 aromatic rings. The number of Topliss-reactive ketones (excluding diaryl/α,β-unsaturated/α-hetero) is 1. The van der Waals surface area contributed by atoms with Gasteiger partial charge in [0.25, 0.3) is 0 Å². The Kier molecular flexibility index (Phi) is 6.11. The summed E-state index contributed by atoms with van der Waals surface area (Å²) >= 11 is 0. The number of esters is 1. The van der Waals surface area contributed by atoms with Gasteiger partial charge < -0.3 is 15.0 Å². The Bertz CT molecular complexity index is 1370. The van der Waals surface area contributed by atoms with Crippen LogP contribution in [-0.2, 0) is 14.3 Å². The lowest BCUT2D eigenvalue weighted by molar-refractivity contribution is -0.148. The Hall–Kier alpha value is -3.60. The van der Waals surface area contributed by atoms with Crippen LogP contribution in [0.25, 0.3) is 10.8 Å².